The van der Waals surface area contributed by atoms with Crippen LogP contribution in [-0.2, 0) is 9.59 Å². The van der Waals surface area contributed by atoms with Crippen LogP contribution in [0, 0.1) is 34.5 Å². The summed E-state index contributed by atoms with van der Waals surface area (Å²) in [4.78, 5) is 24.5. The molecule has 6 atom stereocenters. The summed E-state index contributed by atoms with van der Waals surface area (Å²) in [5.74, 6) is 1.80. The van der Waals surface area contributed by atoms with Crippen molar-refractivity contribution in [3.05, 3.63) is 23.3 Å². The third-order valence-electron chi connectivity index (χ3n) is 8.54. The minimum atomic E-state index is -0.322. The molecule has 0 bridgehead atoms. The van der Waals surface area contributed by atoms with Crippen molar-refractivity contribution in [1.29, 1.82) is 0 Å². The van der Waals surface area contributed by atoms with Crippen molar-refractivity contribution in [1.82, 2.24) is 0 Å². The predicted molar refractivity (Wildman–Crippen MR) is 101 cm³/mol. The quantitative estimate of drug-likeness (QED) is 0.769. The molecule has 2 saturated carbocycles. The van der Waals surface area contributed by atoms with Gasteiger partial charge in [0.1, 0.15) is 6.61 Å². The zero-order chi connectivity index (χ0) is 18.7. The van der Waals surface area contributed by atoms with Crippen LogP contribution in [-0.4, -0.2) is 23.3 Å². The second kappa shape index (κ2) is 6.15. The van der Waals surface area contributed by atoms with Crippen LogP contribution in [0.4, 0.5) is 0 Å². The minimum absolute atomic E-state index is 0.00187. The first kappa shape index (κ1) is 18.2. The molecule has 0 spiro atoms. The third kappa shape index (κ3) is 2.35. The summed E-state index contributed by atoms with van der Waals surface area (Å²) >= 11 is 0. The van der Waals surface area contributed by atoms with Gasteiger partial charge in [0.05, 0.1) is 0 Å². The van der Waals surface area contributed by atoms with Gasteiger partial charge in [0, 0.05) is 17.8 Å². The maximum absolute atomic E-state index is 12.6. The fourth-order valence-corrected chi connectivity index (χ4v) is 7.17. The van der Waals surface area contributed by atoms with Crippen LogP contribution >= 0.6 is 0 Å². The number of rotatable bonds is 3. The summed E-state index contributed by atoms with van der Waals surface area (Å²) in [5, 5.41) is 9.56. The molecule has 4 rings (SSSR count). The summed E-state index contributed by atoms with van der Waals surface area (Å²) in [7, 11) is 0. The smallest absolute Gasteiger partial charge is 0.162 e. The van der Waals surface area contributed by atoms with Crippen molar-refractivity contribution in [2.45, 2.75) is 65.7 Å². The van der Waals surface area contributed by atoms with Gasteiger partial charge in [0.2, 0.25) is 0 Å². The van der Waals surface area contributed by atoms with Gasteiger partial charge in [-0.3, -0.25) is 9.59 Å². The second-order valence-electron chi connectivity index (χ2n) is 9.60. The molecule has 3 nitrogen and oxygen atoms in total. The van der Waals surface area contributed by atoms with E-state index < -0.39 is 0 Å². The number of aliphatic hydroxyl groups excluding tert-OH is 1. The lowest BCUT2D eigenvalue weighted by Crippen LogP contribution is -2.46. The normalized spacial score (nSPS) is 44.5. The van der Waals surface area contributed by atoms with Gasteiger partial charge in [-0.2, -0.15) is 0 Å². The second-order valence-corrected chi connectivity index (χ2v) is 9.60. The first-order valence-corrected chi connectivity index (χ1v) is 10.4. The monoisotopic (exact) mass is 356 g/mol. The van der Waals surface area contributed by atoms with E-state index in [1.165, 1.54) is 5.57 Å². The number of Topliss-reactive ketones (excluding diaryl/α,β-unsaturated/α-hetero) is 1. The highest BCUT2D eigenvalue weighted by Crippen LogP contribution is 2.66. The number of ketones is 2. The molecule has 0 aliphatic heterocycles. The molecule has 4 aliphatic carbocycles. The molecule has 0 saturated heterocycles. The lowest BCUT2D eigenvalue weighted by atomic mass is 9.51. The zero-order valence-electron chi connectivity index (χ0n) is 16.4. The van der Waals surface area contributed by atoms with Gasteiger partial charge < -0.3 is 5.11 Å². The Balaban J connectivity index is 1.74. The molecule has 3 heteroatoms. The van der Waals surface area contributed by atoms with Gasteiger partial charge in [0.15, 0.2) is 11.6 Å². The SMILES string of the molecule is CC[C@H]1CC2C3CCC4=CC(=O)CC[C@]4(C)C3=CC[C@]2(C)[C@H]1C(=O)CO. The molecule has 142 valence electrons. The average Bonchev–Trinajstić information content (AvgIpc) is 2.94. The number of fused-ring (bicyclic) bond motifs is 5. The van der Waals surface area contributed by atoms with Crippen molar-refractivity contribution in [3.63, 3.8) is 0 Å². The Morgan fingerprint density at radius 2 is 2.08 bits per heavy atom. The number of hydrogen-bond acceptors (Lipinski definition) is 3. The summed E-state index contributed by atoms with van der Waals surface area (Å²) in [5.41, 5.74) is 2.93. The Bertz CT molecular complexity index is 702. The van der Waals surface area contributed by atoms with Gasteiger partial charge in [-0.05, 0) is 61.3 Å². The number of carbonyl (C=O) groups is 2. The Morgan fingerprint density at radius 1 is 1.31 bits per heavy atom. The molecule has 2 fully saturated rings. The molecule has 26 heavy (non-hydrogen) atoms. The summed E-state index contributed by atoms with van der Waals surface area (Å²) in [6.45, 7) is 6.51. The highest BCUT2D eigenvalue weighted by atomic mass is 16.3. The average molecular weight is 357 g/mol. The van der Waals surface area contributed by atoms with Crippen LogP contribution in [0.2, 0.25) is 0 Å². The number of carbonyl (C=O) groups excluding carboxylic acids is 2. The van der Waals surface area contributed by atoms with Gasteiger partial charge in [-0.1, -0.05) is 44.4 Å². The first-order chi connectivity index (χ1) is 12.3. The van der Waals surface area contributed by atoms with Crippen LogP contribution < -0.4 is 0 Å². The van der Waals surface area contributed by atoms with Crippen molar-refractivity contribution < 1.29 is 14.7 Å². The van der Waals surface area contributed by atoms with Gasteiger partial charge in [-0.15, -0.1) is 0 Å². The van der Waals surface area contributed by atoms with E-state index in [-0.39, 0.29) is 34.9 Å². The Labute approximate surface area is 156 Å². The molecular formula is C23H32O3. The molecule has 0 amide bonds. The summed E-state index contributed by atoms with van der Waals surface area (Å²) < 4.78 is 0. The molecule has 0 aromatic heterocycles. The predicted octanol–water partition coefficient (Wildman–Crippen LogP) is 4.25. The maximum atomic E-state index is 12.6. The van der Waals surface area contributed by atoms with E-state index >= 15 is 0 Å². The van der Waals surface area contributed by atoms with E-state index in [9.17, 15) is 14.7 Å². The summed E-state index contributed by atoms with van der Waals surface area (Å²) in [6, 6.07) is 0. The van der Waals surface area contributed by atoms with Crippen LogP contribution in [0.25, 0.3) is 0 Å². The van der Waals surface area contributed by atoms with E-state index in [0.717, 1.165) is 38.5 Å². The van der Waals surface area contributed by atoms with Gasteiger partial charge in [-0.25, -0.2) is 0 Å². The first-order valence-electron chi connectivity index (χ1n) is 10.4. The highest BCUT2D eigenvalue weighted by molar-refractivity contribution is 5.92. The number of aliphatic hydroxyl groups is 1. The molecule has 0 aromatic rings. The van der Waals surface area contributed by atoms with Crippen LogP contribution in [0.5, 0.6) is 0 Å². The van der Waals surface area contributed by atoms with E-state index in [0.29, 0.717) is 24.2 Å². The Kier molecular flexibility index (Phi) is 4.30. The molecular weight excluding hydrogens is 324 g/mol. The van der Waals surface area contributed by atoms with Crippen molar-refractivity contribution in [2.24, 2.45) is 34.5 Å². The molecule has 2 unspecified atom stereocenters. The highest BCUT2D eigenvalue weighted by Gasteiger charge is 2.59. The molecule has 0 radical (unpaired) electrons. The van der Waals surface area contributed by atoms with E-state index in [1.54, 1.807) is 5.57 Å². The van der Waals surface area contributed by atoms with Gasteiger partial charge in [0.25, 0.3) is 0 Å². The molecule has 0 heterocycles. The topological polar surface area (TPSA) is 54.4 Å². The maximum Gasteiger partial charge on any atom is 0.162 e. The largest absolute Gasteiger partial charge is 0.389 e. The lowest BCUT2D eigenvalue weighted by molar-refractivity contribution is -0.131. The summed E-state index contributed by atoms with van der Waals surface area (Å²) in [6.07, 6.45) is 11.2. The standard InChI is InChI=1S/C23H32O3/c1-4-14-11-19-17-6-5-15-12-16(25)7-9-22(15,2)18(17)8-10-23(19,3)21(14)20(26)13-24/h8,12,14,17,19,21,24H,4-7,9-11,13H2,1-3H3/t14-,17?,19?,21+,22-,23-/m0/s1. The van der Waals surface area contributed by atoms with Crippen molar-refractivity contribution in [2.75, 3.05) is 6.61 Å². The Morgan fingerprint density at radius 3 is 2.77 bits per heavy atom. The minimum Gasteiger partial charge on any atom is -0.389 e. The van der Waals surface area contributed by atoms with E-state index in [2.05, 4.69) is 26.8 Å². The van der Waals surface area contributed by atoms with Crippen LogP contribution in [0.15, 0.2) is 23.3 Å². The van der Waals surface area contributed by atoms with Crippen LogP contribution in [0.1, 0.15) is 65.7 Å². The van der Waals surface area contributed by atoms with E-state index in [1.807, 2.05) is 6.08 Å². The van der Waals surface area contributed by atoms with Gasteiger partial charge >= 0.3 is 0 Å². The third-order valence-corrected chi connectivity index (χ3v) is 8.54. The molecule has 4 aliphatic rings. The zero-order valence-corrected chi connectivity index (χ0v) is 16.4. The van der Waals surface area contributed by atoms with E-state index in [4.69, 9.17) is 0 Å². The fraction of sp³-hybridized carbons (Fsp3) is 0.739. The fourth-order valence-electron chi connectivity index (χ4n) is 7.17. The van der Waals surface area contributed by atoms with Crippen LogP contribution in [0.3, 0.4) is 0 Å². The van der Waals surface area contributed by atoms with Crippen molar-refractivity contribution in [3.8, 4) is 0 Å². The molecule has 0 aromatic carbocycles. The molecule has 1 N–H and O–H groups in total. The lowest BCUT2D eigenvalue weighted by Gasteiger charge is -2.53. The number of hydrogen-bond donors (Lipinski definition) is 1. The Hall–Kier alpha value is -1.22. The van der Waals surface area contributed by atoms with Crippen molar-refractivity contribution >= 4 is 11.6 Å². The number of allylic oxidation sites excluding steroid dienone is 4.